The number of carbonyl (C=O) groups excluding carboxylic acids is 3. The molecular weight excluding hydrogens is 568 g/mol. The number of carbonyl (C=O) groups is 3. The van der Waals surface area contributed by atoms with E-state index in [1.807, 2.05) is 88.4 Å². The number of aliphatic hydroxyl groups is 2. The molecule has 0 heterocycles. The van der Waals surface area contributed by atoms with Crippen molar-refractivity contribution in [1.82, 2.24) is 20.9 Å². The van der Waals surface area contributed by atoms with Gasteiger partial charge in [0.1, 0.15) is 6.04 Å². The number of benzene rings is 3. The van der Waals surface area contributed by atoms with Crippen LogP contribution in [0.25, 0.3) is 0 Å². The van der Waals surface area contributed by atoms with Gasteiger partial charge in [0.15, 0.2) is 0 Å². The lowest BCUT2D eigenvalue weighted by Gasteiger charge is -2.28. The Balaban J connectivity index is 1.79. The maximum absolute atomic E-state index is 13.6. The van der Waals surface area contributed by atoms with Gasteiger partial charge in [0.2, 0.25) is 5.91 Å². The fourth-order valence-electron chi connectivity index (χ4n) is 5.06. The molecule has 5 N–H and O–H groups in total. The molecule has 0 aliphatic rings. The summed E-state index contributed by atoms with van der Waals surface area (Å²) in [4.78, 5) is 41.5. The van der Waals surface area contributed by atoms with Crippen LogP contribution >= 0.6 is 0 Å². The van der Waals surface area contributed by atoms with E-state index in [4.69, 9.17) is 0 Å². The van der Waals surface area contributed by atoms with Crippen molar-refractivity contribution in [3.63, 3.8) is 0 Å². The molecule has 0 spiro atoms. The first-order chi connectivity index (χ1) is 21.4. The molecule has 45 heavy (non-hydrogen) atoms. The van der Waals surface area contributed by atoms with Crippen LogP contribution in [-0.4, -0.2) is 77.3 Å². The topological polar surface area (TPSA) is 131 Å². The zero-order valence-corrected chi connectivity index (χ0v) is 27.2. The second-order valence-corrected chi connectivity index (χ2v) is 12.2. The summed E-state index contributed by atoms with van der Waals surface area (Å²) >= 11 is 0. The van der Waals surface area contributed by atoms with Crippen molar-refractivity contribution < 1.29 is 24.6 Å². The summed E-state index contributed by atoms with van der Waals surface area (Å²) in [5.41, 5.74) is 3.34. The minimum Gasteiger partial charge on any atom is -0.391 e. The van der Waals surface area contributed by atoms with E-state index in [-0.39, 0.29) is 30.3 Å². The number of hydrogen-bond acceptors (Lipinski definition) is 6. The minimum atomic E-state index is -1.10. The average molecular weight is 617 g/mol. The SMILES string of the molecule is Cc1cc(C(=O)N[C@@H](Cc2ccccc2)[C@H](O)CN[C@H](C(=O)NCC(C)C)[C@H](C)O)cc(C(=O)N(C)[C@H](C)c2ccccc2)c1. The van der Waals surface area contributed by atoms with Gasteiger partial charge in [-0.25, -0.2) is 0 Å². The predicted molar refractivity (Wildman–Crippen MR) is 177 cm³/mol. The van der Waals surface area contributed by atoms with Crippen LogP contribution in [0.2, 0.25) is 0 Å². The van der Waals surface area contributed by atoms with Crippen molar-refractivity contribution in [2.24, 2.45) is 5.92 Å². The monoisotopic (exact) mass is 616 g/mol. The van der Waals surface area contributed by atoms with Crippen molar-refractivity contribution >= 4 is 17.7 Å². The molecule has 0 aliphatic carbocycles. The standard InChI is InChI=1S/C36H48N4O5/c1-23(2)21-38-35(44)33(26(5)41)37-22-32(42)31(19-27-13-9-7-10-14-27)39-34(43)29-17-24(3)18-30(20-29)36(45)40(6)25(4)28-15-11-8-12-16-28/h7-18,20,23,25-26,31-33,37,41-42H,19,21-22H2,1-6H3,(H,38,44)(H,39,43)/t25-,26+,31+,32-,33+/m1/s1. The van der Waals surface area contributed by atoms with Crippen LogP contribution < -0.4 is 16.0 Å². The predicted octanol–water partition coefficient (Wildman–Crippen LogP) is 3.64. The number of amides is 3. The first kappa shape index (κ1) is 35.4. The van der Waals surface area contributed by atoms with E-state index in [0.29, 0.717) is 24.1 Å². The Morgan fingerprint density at radius 1 is 0.822 bits per heavy atom. The van der Waals surface area contributed by atoms with Gasteiger partial charge in [-0.3, -0.25) is 14.4 Å². The smallest absolute Gasteiger partial charge is 0.254 e. The molecule has 3 rings (SSSR count). The largest absolute Gasteiger partial charge is 0.391 e. The van der Waals surface area contributed by atoms with Crippen molar-refractivity contribution in [1.29, 1.82) is 0 Å². The fourth-order valence-corrected chi connectivity index (χ4v) is 5.06. The van der Waals surface area contributed by atoms with E-state index in [1.54, 1.807) is 30.1 Å². The van der Waals surface area contributed by atoms with Crippen LogP contribution in [0.15, 0.2) is 78.9 Å². The highest BCUT2D eigenvalue weighted by atomic mass is 16.3. The Morgan fingerprint density at radius 2 is 1.42 bits per heavy atom. The molecule has 0 radical (unpaired) electrons. The fraction of sp³-hybridized carbons (Fsp3) is 0.417. The quantitative estimate of drug-likeness (QED) is 0.177. The van der Waals surface area contributed by atoms with Crippen molar-refractivity contribution in [3.05, 3.63) is 107 Å². The average Bonchev–Trinajstić information content (AvgIpc) is 3.02. The molecule has 0 bridgehead atoms. The second kappa shape index (κ2) is 16.9. The van der Waals surface area contributed by atoms with Gasteiger partial charge in [0.25, 0.3) is 11.8 Å². The van der Waals surface area contributed by atoms with E-state index in [9.17, 15) is 24.6 Å². The molecule has 9 nitrogen and oxygen atoms in total. The zero-order valence-electron chi connectivity index (χ0n) is 27.2. The van der Waals surface area contributed by atoms with Crippen LogP contribution in [0.3, 0.4) is 0 Å². The number of aliphatic hydroxyl groups excluding tert-OH is 2. The number of nitrogens with one attached hydrogen (secondary N) is 3. The van der Waals surface area contributed by atoms with E-state index < -0.39 is 30.2 Å². The summed E-state index contributed by atoms with van der Waals surface area (Å²) in [6.45, 7) is 9.65. The van der Waals surface area contributed by atoms with E-state index in [0.717, 1.165) is 16.7 Å². The maximum Gasteiger partial charge on any atom is 0.254 e. The molecule has 0 unspecified atom stereocenters. The Labute approximate surface area is 267 Å². The lowest BCUT2D eigenvalue weighted by Crippen LogP contribution is -2.55. The molecular formula is C36H48N4O5. The number of rotatable bonds is 15. The molecule has 0 saturated heterocycles. The maximum atomic E-state index is 13.6. The van der Waals surface area contributed by atoms with Crippen LogP contribution in [0.5, 0.6) is 0 Å². The first-order valence-electron chi connectivity index (χ1n) is 15.5. The van der Waals surface area contributed by atoms with Gasteiger partial charge in [-0.1, -0.05) is 74.5 Å². The van der Waals surface area contributed by atoms with Gasteiger partial charge in [-0.15, -0.1) is 0 Å². The zero-order chi connectivity index (χ0) is 33.1. The minimum absolute atomic E-state index is 0.0534. The molecule has 9 heteroatoms. The summed E-state index contributed by atoms with van der Waals surface area (Å²) in [7, 11) is 1.74. The van der Waals surface area contributed by atoms with Crippen molar-refractivity contribution in [2.45, 2.75) is 71.4 Å². The van der Waals surface area contributed by atoms with Crippen LogP contribution in [0, 0.1) is 12.8 Å². The number of hydrogen-bond donors (Lipinski definition) is 5. The Bertz CT molecular complexity index is 1400. The van der Waals surface area contributed by atoms with Gasteiger partial charge < -0.3 is 31.1 Å². The van der Waals surface area contributed by atoms with Crippen molar-refractivity contribution in [3.8, 4) is 0 Å². The van der Waals surface area contributed by atoms with Gasteiger partial charge in [0.05, 0.1) is 24.3 Å². The molecule has 3 aromatic carbocycles. The summed E-state index contributed by atoms with van der Waals surface area (Å²) in [6.07, 6.45) is -1.78. The molecule has 242 valence electrons. The number of nitrogens with zero attached hydrogens (tertiary/aromatic N) is 1. The number of aryl methyl sites for hydroxylation is 1. The third kappa shape index (κ3) is 10.5. The van der Waals surface area contributed by atoms with Gasteiger partial charge in [-0.2, -0.15) is 0 Å². The lowest BCUT2D eigenvalue weighted by molar-refractivity contribution is -0.125. The highest BCUT2D eigenvalue weighted by Gasteiger charge is 2.28. The molecule has 0 fully saturated rings. The highest BCUT2D eigenvalue weighted by molar-refractivity contribution is 6.00. The Kier molecular flexibility index (Phi) is 13.3. The van der Waals surface area contributed by atoms with Crippen LogP contribution in [0.4, 0.5) is 0 Å². The molecule has 3 amide bonds. The van der Waals surface area contributed by atoms with E-state index >= 15 is 0 Å². The van der Waals surface area contributed by atoms with Gasteiger partial charge in [-0.05, 0) is 68.0 Å². The third-order valence-electron chi connectivity index (χ3n) is 7.85. The van der Waals surface area contributed by atoms with Crippen LogP contribution in [-0.2, 0) is 11.2 Å². The highest BCUT2D eigenvalue weighted by Crippen LogP contribution is 2.22. The first-order valence-corrected chi connectivity index (χ1v) is 15.5. The molecule has 0 aromatic heterocycles. The summed E-state index contributed by atoms with van der Waals surface area (Å²) in [5.74, 6) is -0.773. The van der Waals surface area contributed by atoms with Gasteiger partial charge in [0, 0.05) is 31.3 Å². The summed E-state index contributed by atoms with van der Waals surface area (Å²) < 4.78 is 0. The molecule has 0 saturated carbocycles. The van der Waals surface area contributed by atoms with E-state index in [1.165, 1.54) is 6.92 Å². The van der Waals surface area contributed by atoms with Gasteiger partial charge >= 0.3 is 0 Å². The lowest BCUT2D eigenvalue weighted by atomic mass is 9.99. The van der Waals surface area contributed by atoms with Crippen molar-refractivity contribution in [2.75, 3.05) is 20.1 Å². The second-order valence-electron chi connectivity index (χ2n) is 12.2. The summed E-state index contributed by atoms with van der Waals surface area (Å²) in [6, 6.07) is 22.4. The normalized spacial score (nSPS) is 14.6. The molecule has 5 atom stereocenters. The molecule has 0 aliphatic heterocycles. The summed E-state index contributed by atoms with van der Waals surface area (Å²) in [5, 5.41) is 30.3. The Morgan fingerprint density at radius 3 is 2.02 bits per heavy atom. The van der Waals surface area contributed by atoms with Crippen LogP contribution in [0.1, 0.15) is 71.1 Å². The van der Waals surface area contributed by atoms with E-state index in [2.05, 4.69) is 16.0 Å². The third-order valence-corrected chi connectivity index (χ3v) is 7.85. The Hall–Kier alpha value is -4.05. The molecule has 3 aromatic rings.